The van der Waals surface area contributed by atoms with Gasteiger partial charge < -0.3 is 15.5 Å². The highest BCUT2D eigenvalue weighted by Gasteiger charge is 2.35. The molecule has 1 aromatic carbocycles. The van der Waals surface area contributed by atoms with Gasteiger partial charge in [-0.1, -0.05) is 19.3 Å². The third-order valence-corrected chi connectivity index (χ3v) is 5.31. The lowest BCUT2D eigenvalue weighted by atomic mass is 9.96. The van der Waals surface area contributed by atoms with Crippen molar-refractivity contribution < 1.29 is 14.4 Å². The molecule has 2 aliphatic rings. The first-order chi connectivity index (χ1) is 12.5. The zero-order chi connectivity index (χ0) is 18.5. The molecule has 1 unspecified atom stereocenters. The second-order valence-electron chi connectivity index (χ2n) is 7.26. The average Bonchev–Trinajstić information content (AvgIpc) is 3.13. The Bertz CT molecular complexity index is 665. The molecule has 1 heterocycles. The number of likely N-dealkylation sites (tertiary alicyclic amines) is 1. The Kier molecular flexibility index (Phi) is 5.91. The summed E-state index contributed by atoms with van der Waals surface area (Å²) in [6.45, 7) is 2.12. The molecule has 6 nitrogen and oxygen atoms in total. The fourth-order valence-corrected chi connectivity index (χ4v) is 3.80. The molecule has 2 N–H and O–H groups in total. The van der Waals surface area contributed by atoms with Crippen molar-refractivity contribution >= 4 is 23.4 Å². The quantitative estimate of drug-likeness (QED) is 0.811. The number of hydrogen-bond acceptors (Lipinski definition) is 3. The lowest BCUT2D eigenvalue weighted by Gasteiger charge is -2.29. The van der Waals surface area contributed by atoms with Crippen LogP contribution < -0.4 is 10.6 Å². The number of hydrogen-bond donors (Lipinski definition) is 2. The SMILES string of the molecule is CC(=O)c1ccc(NC(=O)C2CCCN2C(=O)NC2CCCCC2)cc1. The molecule has 0 aromatic heterocycles. The van der Waals surface area contributed by atoms with Crippen molar-refractivity contribution in [2.24, 2.45) is 0 Å². The summed E-state index contributed by atoms with van der Waals surface area (Å²) in [5.41, 5.74) is 1.25. The number of urea groups is 1. The van der Waals surface area contributed by atoms with Crippen molar-refractivity contribution in [2.75, 3.05) is 11.9 Å². The first-order valence-corrected chi connectivity index (χ1v) is 9.53. The third-order valence-electron chi connectivity index (χ3n) is 5.31. The number of nitrogens with zero attached hydrogens (tertiary/aromatic N) is 1. The van der Waals surface area contributed by atoms with Gasteiger partial charge in [-0.3, -0.25) is 9.59 Å². The number of amides is 3. The van der Waals surface area contributed by atoms with Crippen LogP contribution in [0.2, 0.25) is 0 Å². The molecule has 0 bridgehead atoms. The number of benzene rings is 1. The average molecular weight is 357 g/mol. The molecular formula is C20H27N3O3. The van der Waals surface area contributed by atoms with E-state index >= 15 is 0 Å². The molecule has 1 aromatic rings. The Balaban J connectivity index is 1.58. The fourth-order valence-electron chi connectivity index (χ4n) is 3.80. The molecule has 0 spiro atoms. The maximum absolute atomic E-state index is 12.6. The standard InChI is InChI=1S/C20H27N3O3/c1-14(24)15-9-11-17(12-10-15)21-19(25)18-8-5-13-23(18)20(26)22-16-6-3-2-4-7-16/h9-12,16,18H,2-8,13H2,1H3,(H,21,25)(H,22,26). The Hall–Kier alpha value is -2.37. The van der Waals surface area contributed by atoms with Crippen molar-refractivity contribution in [2.45, 2.75) is 64.0 Å². The first-order valence-electron chi connectivity index (χ1n) is 9.53. The summed E-state index contributed by atoms with van der Waals surface area (Å²) in [5.74, 6) is -0.180. The van der Waals surface area contributed by atoms with Gasteiger partial charge in [-0.2, -0.15) is 0 Å². The predicted octanol–water partition coefficient (Wildman–Crippen LogP) is 3.33. The fraction of sp³-hybridized carbons (Fsp3) is 0.550. The van der Waals surface area contributed by atoms with Crippen LogP contribution in [0.5, 0.6) is 0 Å². The monoisotopic (exact) mass is 357 g/mol. The molecule has 1 aliphatic carbocycles. The van der Waals surface area contributed by atoms with Crippen molar-refractivity contribution in [3.8, 4) is 0 Å². The van der Waals surface area contributed by atoms with Crippen molar-refractivity contribution in [3.05, 3.63) is 29.8 Å². The zero-order valence-corrected chi connectivity index (χ0v) is 15.3. The minimum Gasteiger partial charge on any atom is -0.335 e. The molecule has 3 amide bonds. The van der Waals surface area contributed by atoms with Crippen LogP contribution in [-0.2, 0) is 4.79 Å². The zero-order valence-electron chi connectivity index (χ0n) is 15.3. The molecular weight excluding hydrogens is 330 g/mol. The van der Waals surface area contributed by atoms with Crippen molar-refractivity contribution in [1.29, 1.82) is 0 Å². The summed E-state index contributed by atoms with van der Waals surface area (Å²) >= 11 is 0. The summed E-state index contributed by atoms with van der Waals surface area (Å²) in [7, 11) is 0. The van der Waals surface area contributed by atoms with Gasteiger partial charge in [0.1, 0.15) is 6.04 Å². The minimum absolute atomic E-state index is 0.00997. The normalized spacial score (nSPS) is 20.7. The summed E-state index contributed by atoms with van der Waals surface area (Å²) < 4.78 is 0. The second-order valence-corrected chi connectivity index (χ2v) is 7.26. The number of carbonyl (C=O) groups is 3. The molecule has 140 valence electrons. The lowest BCUT2D eigenvalue weighted by Crippen LogP contribution is -2.50. The van der Waals surface area contributed by atoms with E-state index in [4.69, 9.17) is 0 Å². The van der Waals surface area contributed by atoms with Gasteiger partial charge in [0.25, 0.3) is 0 Å². The summed E-state index contributed by atoms with van der Waals surface area (Å²) in [6, 6.07) is 6.50. The van der Waals surface area contributed by atoms with Gasteiger partial charge in [-0.05, 0) is 56.9 Å². The summed E-state index contributed by atoms with van der Waals surface area (Å²) in [4.78, 5) is 38.2. The molecule has 6 heteroatoms. The smallest absolute Gasteiger partial charge is 0.318 e. The Morgan fingerprint density at radius 1 is 0.962 bits per heavy atom. The largest absolute Gasteiger partial charge is 0.335 e. The van der Waals surface area contributed by atoms with Crippen LogP contribution in [-0.4, -0.2) is 41.2 Å². The van der Waals surface area contributed by atoms with Crippen LogP contribution in [0.1, 0.15) is 62.2 Å². The van der Waals surface area contributed by atoms with E-state index in [1.54, 1.807) is 29.2 Å². The maximum Gasteiger partial charge on any atom is 0.318 e. The molecule has 1 aliphatic heterocycles. The third kappa shape index (κ3) is 4.42. The number of ketones is 1. The number of Topliss-reactive ketones (excluding diaryl/α,β-unsaturated/α-hetero) is 1. The van der Waals surface area contributed by atoms with Gasteiger partial charge in [0.05, 0.1) is 0 Å². The molecule has 3 rings (SSSR count). The van der Waals surface area contributed by atoms with Gasteiger partial charge in [-0.15, -0.1) is 0 Å². The molecule has 1 saturated heterocycles. The van der Waals surface area contributed by atoms with Crippen LogP contribution in [0.15, 0.2) is 24.3 Å². The van der Waals surface area contributed by atoms with Crippen LogP contribution >= 0.6 is 0 Å². The number of rotatable bonds is 4. The predicted molar refractivity (Wildman–Crippen MR) is 100 cm³/mol. The van der Waals surface area contributed by atoms with Gasteiger partial charge in [-0.25, -0.2) is 4.79 Å². The van der Waals surface area contributed by atoms with Crippen LogP contribution in [0.25, 0.3) is 0 Å². The van der Waals surface area contributed by atoms with E-state index in [9.17, 15) is 14.4 Å². The first kappa shape index (κ1) is 18.4. The topological polar surface area (TPSA) is 78.5 Å². The molecule has 26 heavy (non-hydrogen) atoms. The van der Waals surface area contributed by atoms with E-state index in [-0.39, 0.29) is 23.8 Å². The van der Waals surface area contributed by atoms with Crippen LogP contribution in [0.4, 0.5) is 10.5 Å². The van der Waals surface area contributed by atoms with E-state index in [1.165, 1.54) is 13.3 Å². The minimum atomic E-state index is -0.439. The van der Waals surface area contributed by atoms with Crippen molar-refractivity contribution in [1.82, 2.24) is 10.2 Å². The number of nitrogens with one attached hydrogen (secondary N) is 2. The number of anilines is 1. The highest BCUT2D eigenvalue weighted by atomic mass is 16.2. The van der Waals surface area contributed by atoms with E-state index in [0.717, 1.165) is 32.1 Å². The summed E-state index contributed by atoms with van der Waals surface area (Å²) in [6.07, 6.45) is 7.12. The molecule has 0 radical (unpaired) electrons. The Labute approximate surface area is 154 Å². The number of carbonyl (C=O) groups excluding carboxylic acids is 3. The Morgan fingerprint density at radius 2 is 1.65 bits per heavy atom. The Morgan fingerprint density at radius 3 is 2.31 bits per heavy atom. The second kappa shape index (κ2) is 8.34. The maximum atomic E-state index is 12.6. The molecule has 1 atom stereocenters. The van der Waals surface area contributed by atoms with E-state index in [1.807, 2.05) is 0 Å². The van der Waals surface area contributed by atoms with Gasteiger partial charge in [0.2, 0.25) is 5.91 Å². The van der Waals surface area contributed by atoms with Gasteiger partial charge in [0.15, 0.2) is 5.78 Å². The van der Waals surface area contributed by atoms with Crippen LogP contribution in [0, 0.1) is 0 Å². The van der Waals surface area contributed by atoms with E-state index in [0.29, 0.717) is 24.2 Å². The summed E-state index contributed by atoms with van der Waals surface area (Å²) in [5, 5.41) is 5.97. The van der Waals surface area contributed by atoms with Crippen molar-refractivity contribution in [3.63, 3.8) is 0 Å². The van der Waals surface area contributed by atoms with E-state index < -0.39 is 6.04 Å². The van der Waals surface area contributed by atoms with Crippen LogP contribution in [0.3, 0.4) is 0 Å². The molecule has 1 saturated carbocycles. The highest BCUT2D eigenvalue weighted by Crippen LogP contribution is 2.22. The van der Waals surface area contributed by atoms with Gasteiger partial charge in [0, 0.05) is 23.8 Å². The van der Waals surface area contributed by atoms with E-state index in [2.05, 4.69) is 10.6 Å². The van der Waals surface area contributed by atoms with Gasteiger partial charge >= 0.3 is 6.03 Å². The highest BCUT2D eigenvalue weighted by molar-refractivity contribution is 5.98. The molecule has 2 fully saturated rings. The lowest BCUT2D eigenvalue weighted by molar-refractivity contribution is -0.119.